The van der Waals surface area contributed by atoms with Crippen molar-refractivity contribution in [2.75, 3.05) is 0 Å². The van der Waals surface area contributed by atoms with Gasteiger partial charge in [0.15, 0.2) is 5.69 Å². The Hall–Kier alpha value is -1.56. The number of aromatic nitrogens is 2. The van der Waals surface area contributed by atoms with E-state index in [1.165, 1.54) is 25.1 Å². The Bertz CT molecular complexity index is 589. The van der Waals surface area contributed by atoms with Crippen LogP contribution in [0, 0.1) is 12.7 Å². The smallest absolute Gasteiger partial charge is 0.221 e. The van der Waals surface area contributed by atoms with Crippen molar-refractivity contribution in [3.05, 3.63) is 46.5 Å². The maximum Gasteiger partial charge on any atom is 0.435 e. The second kappa shape index (κ2) is 4.28. The standard InChI is InChI=1S/C11H7ClF4N2/c1-6-9(11(14,15)16)17-18(10(6)12)8-4-2-3-7(13)5-8/h2-5H,1H3. The van der Waals surface area contributed by atoms with E-state index >= 15 is 0 Å². The molecule has 2 aromatic rings. The number of rotatable bonds is 1. The third-order valence-corrected chi connectivity index (χ3v) is 2.82. The molecule has 18 heavy (non-hydrogen) atoms. The van der Waals surface area contributed by atoms with Crippen LogP contribution in [-0.4, -0.2) is 9.78 Å². The maximum absolute atomic E-state index is 13.0. The lowest BCUT2D eigenvalue weighted by atomic mass is 10.3. The zero-order valence-electron chi connectivity index (χ0n) is 9.09. The molecule has 7 heteroatoms. The van der Waals surface area contributed by atoms with Gasteiger partial charge in [0.2, 0.25) is 0 Å². The molecule has 0 unspecified atom stereocenters. The van der Waals surface area contributed by atoms with Crippen LogP contribution in [0.5, 0.6) is 0 Å². The summed E-state index contributed by atoms with van der Waals surface area (Å²) in [5.74, 6) is -0.578. The van der Waals surface area contributed by atoms with E-state index in [9.17, 15) is 17.6 Å². The van der Waals surface area contributed by atoms with E-state index in [2.05, 4.69) is 5.10 Å². The average Bonchev–Trinajstić information content (AvgIpc) is 2.55. The number of benzene rings is 1. The molecule has 0 aliphatic heterocycles. The van der Waals surface area contributed by atoms with Crippen LogP contribution in [0.4, 0.5) is 17.6 Å². The van der Waals surface area contributed by atoms with E-state index in [1.54, 1.807) is 0 Å². The van der Waals surface area contributed by atoms with Crippen LogP contribution in [0.15, 0.2) is 24.3 Å². The summed E-state index contributed by atoms with van der Waals surface area (Å²) in [7, 11) is 0. The Balaban J connectivity index is 2.60. The second-order valence-corrected chi connectivity index (χ2v) is 4.01. The lowest BCUT2D eigenvalue weighted by Crippen LogP contribution is -2.08. The summed E-state index contributed by atoms with van der Waals surface area (Å²) in [6, 6.07) is 5.02. The van der Waals surface area contributed by atoms with E-state index in [-0.39, 0.29) is 16.4 Å². The molecule has 2 nitrogen and oxygen atoms in total. The lowest BCUT2D eigenvalue weighted by molar-refractivity contribution is -0.141. The molecule has 0 aliphatic rings. The summed E-state index contributed by atoms with van der Waals surface area (Å²) in [4.78, 5) is 0. The van der Waals surface area contributed by atoms with Crippen LogP contribution >= 0.6 is 11.6 Å². The van der Waals surface area contributed by atoms with Crippen molar-refractivity contribution in [2.45, 2.75) is 13.1 Å². The molecular weight excluding hydrogens is 272 g/mol. The molecule has 1 heterocycles. The normalized spacial score (nSPS) is 11.9. The highest BCUT2D eigenvalue weighted by Crippen LogP contribution is 2.34. The van der Waals surface area contributed by atoms with Gasteiger partial charge >= 0.3 is 6.18 Å². The van der Waals surface area contributed by atoms with Crippen molar-refractivity contribution in [2.24, 2.45) is 0 Å². The summed E-state index contributed by atoms with van der Waals surface area (Å²) < 4.78 is 51.8. The first-order valence-corrected chi connectivity index (χ1v) is 5.27. The van der Waals surface area contributed by atoms with Gasteiger partial charge in [0, 0.05) is 5.56 Å². The Labute approximate surface area is 105 Å². The fourth-order valence-corrected chi connectivity index (χ4v) is 1.75. The molecule has 96 valence electrons. The Morgan fingerprint density at radius 3 is 2.44 bits per heavy atom. The molecule has 0 bridgehead atoms. The quantitative estimate of drug-likeness (QED) is 0.721. The minimum Gasteiger partial charge on any atom is -0.221 e. The summed E-state index contributed by atoms with van der Waals surface area (Å²) in [6.07, 6.45) is -4.59. The zero-order valence-corrected chi connectivity index (χ0v) is 9.85. The Kier molecular flexibility index (Phi) is 3.06. The van der Waals surface area contributed by atoms with E-state index in [0.717, 1.165) is 10.7 Å². The molecule has 0 saturated heterocycles. The van der Waals surface area contributed by atoms with Crippen molar-refractivity contribution >= 4 is 11.6 Å². The molecule has 0 amide bonds. The van der Waals surface area contributed by atoms with Gasteiger partial charge < -0.3 is 0 Å². The topological polar surface area (TPSA) is 17.8 Å². The third-order valence-electron chi connectivity index (χ3n) is 2.37. The van der Waals surface area contributed by atoms with E-state index in [1.807, 2.05) is 0 Å². The molecule has 2 rings (SSSR count). The number of nitrogens with zero attached hydrogens (tertiary/aromatic N) is 2. The number of halogens is 5. The van der Waals surface area contributed by atoms with Crippen LogP contribution in [0.2, 0.25) is 5.15 Å². The number of hydrogen-bond donors (Lipinski definition) is 0. The molecule has 0 fully saturated rings. The number of hydrogen-bond acceptors (Lipinski definition) is 1. The summed E-state index contributed by atoms with van der Waals surface area (Å²) in [5.41, 5.74) is -1.12. The predicted octanol–water partition coefficient (Wildman–Crippen LogP) is 3.99. The average molecular weight is 279 g/mol. The van der Waals surface area contributed by atoms with Gasteiger partial charge in [0.1, 0.15) is 11.0 Å². The first-order valence-electron chi connectivity index (χ1n) is 4.89. The highest BCUT2D eigenvalue weighted by molar-refractivity contribution is 6.30. The van der Waals surface area contributed by atoms with Crippen molar-refractivity contribution in [1.82, 2.24) is 9.78 Å². The van der Waals surface area contributed by atoms with Gasteiger partial charge in [-0.3, -0.25) is 0 Å². The first kappa shape index (κ1) is 12.9. The summed E-state index contributed by atoms with van der Waals surface area (Å²) in [6.45, 7) is 1.22. The lowest BCUT2D eigenvalue weighted by Gasteiger charge is -2.03. The van der Waals surface area contributed by atoms with Gasteiger partial charge in [-0.05, 0) is 25.1 Å². The molecule has 1 aromatic heterocycles. The third kappa shape index (κ3) is 2.20. The van der Waals surface area contributed by atoms with Crippen LogP contribution in [0.3, 0.4) is 0 Å². The van der Waals surface area contributed by atoms with Crippen molar-refractivity contribution in [1.29, 1.82) is 0 Å². The largest absolute Gasteiger partial charge is 0.435 e. The molecule has 1 aromatic carbocycles. The van der Waals surface area contributed by atoms with Gasteiger partial charge in [-0.15, -0.1) is 0 Å². The molecule has 0 atom stereocenters. The fraction of sp³-hybridized carbons (Fsp3) is 0.182. The highest BCUT2D eigenvalue weighted by atomic mass is 35.5. The SMILES string of the molecule is Cc1c(C(F)(F)F)nn(-c2cccc(F)c2)c1Cl. The van der Waals surface area contributed by atoms with E-state index < -0.39 is 17.7 Å². The Morgan fingerprint density at radius 1 is 1.28 bits per heavy atom. The number of alkyl halides is 3. The summed E-state index contributed by atoms with van der Waals surface area (Å²) >= 11 is 5.78. The minimum absolute atomic E-state index is 0.138. The molecule has 0 aliphatic carbocycles. The first-order chi connectivity index (χ1) is 8.30. The predicted molar refractivity (Wildman–Crippen MR) is 58.3 cm³/mol. The van der Waals surface area contributed by atoms with Crippen molar-refractivity contribution in [3.63, 3.8) is 0 Å². The van der Waals surface area contributed by atoms with E-state index in [4.69, 9.17) is 11.6 Å². The zero-order chi connectivity index (χ0) is 13.5. The van der Waals surface area contributed by atoms with Crippen LogP contribution in [-0.2, 0) is 6.18 Å². The van der Waals surface area contributed by atoms with E-state index in [0.29, 0.717) is 0 Å². The highest BCUT2D eigenvalue weighted by Gasteiger charge is 2.37. The molecule has 0 radical (unpaired) electrons. The molecule has 0 saturated carbocycles. The molecule has 0 spiro atoms. The minimum atomic E-state index is -4.59. The van der Waals surface area contributed by atoms with Crippen LogP contribution in [0.1, 0.15) is 11.3 Å². The Morgan fingerprint density at radius 2 is 1.94 bits per heavy atom. The monoisotopic (exact) mass is 278 g/mol. The van der Waals surface area contributed by atoms with Gasteiger partial charge in [-0.1, -0.05) is 17.7 Å². The van der Waals surface area contributed by atoms with Crippen molar-refractivity contribution < 1.29 is 17.6 Å². The van der Waals surface area contributed by atoms with Crippen molar-refractivity contribution in [3.8, 4) is 5.69 Å². The van der Waals surface area contributed by atoms with Gasteiger partial charge in [-0.2, -0.15) is 18.3 Å². The van der Waals surface area contributed by atoms with Crippen LogP contribution < -0.4 is 0 Å². The fourth-order valence-electron chi connectivity index (χ4n) is 1.52. The van der Waals surface area contributed by atoms with Crippen LogP contribution in [0.25, 0.3) is 5.69 Å². The van der Waals surface area contributed by atoms with Gasteiger partial charge in [0.25, 0.3) is 0 Å². The molecule has 0 N–H and O–H groups in total. The van der Waals surface area contributed by atoms with Gasteiger partial charge in [0.05, 0.1) is 5.69 Å². The maximum atomic E-state index is 13.0. The van der Waals surface area contributed by atoms with Gasteiger partial charge in [-0.25, -0.2) is 9.07 Å². The second-order valence-electron chi connectivity index (χ2n) is 3.65. The summed E-state index contributed by atoms with van der Waals surface area (Å²) in [5, 5.41) is 3.20. The molecular formula is C11H7ClF4N2.